The van der Waals surface area contributed by atoms with Gasteiger partial charge in [-0.1, -0.05) is 6.07 Å². The number of rotatable bonds is 4. The number of nitrogens with zero attached hydrogens (tertiary/aromatic N) is 4. The lowest BCUT2D eigenvalue weighted by Crippen LogP contribution is -2.37. The predicted molar refractivity (Wildman–Crippen MR) is 86.4 cm³/mol. The first-order valence-electron chi connectivity index (χ1n) is 8.13. The minimum atomic E-state index is -4.45. The van der Waals surface area contributed by atoms with Gasteiger partial charge in [0.2, 0.25) is 11.8 Å². The molecule has 1 aliphatic rings. The van der Waals surface area contributed by atoms with Crippen LogP contribution in [0.4, 0.5) is 19.1 Å². The molecule has 0 N–H and O–H groups in total. The van der Waals surface area contributed by atoms with Gasteiger partial charge in [0.25, 0.3) is 0 Å². The van der Waals surface area contributed by atoms with Crippen LogP contribution in [0.25, 0.3) is 0 Å². The van der Waals surface area contributed by atoms with Crippen LogP contribution in [0.2, 0.25) is 0 Å². The first-order valence-corrected chi connectivity index (χ1v) is 8.13. The van der Waals surface area contributed by atoms with E-state index in [-0.39, 0.29) is 5.95 Å². The molecule has 134 valence electrons. The molecule has 0 unspecified atom stereocenters. The second-order valence-electron chi connectivity index (χ2n) is 6.11. The van der Waals surface area contributed by atoms with Crippen LogP contribution in [0.3, 0.4) is 0 Å². The average molecular weight is 352 g/mol. The zero-order valence-electron chi connectivity index (χ0n) is 13.8. The van der Waals surface area contributed by atoms with Crippen molar-refractivity contribution >= 4 is 5.95 Å². The summed E-state index contributed by atoms with van der Waals surface area (Å²) in [4.78, 5) is 13.6. The molecule has 0 aromatic carbocycles. The van der Waals surface area contributed by atoms with E-state index in [0.717, 1.165) is 30.7 Å². The van der Waals surface area contributed by atoms with Crippen molar-refractivity contribution in [3.63, 3.8) is 0 Å². The third-order valence-corrected chi connectivity index (χ3v) is 4.25. The van der Waals surface area contributed by atoms with Crippen molar-refractivity contribution in [2.75, 3.05) is 24.6 Å². The number of hydrogen-bond acceptors (Lipinski definition) is 5. The maximum Gasteiger partial charge on any atom is 0.433 e. The zero-order valence-corrected chi connectivity index (χ0v) is 13.8. The number of piperidine rings is 1. The Labute approximate surface area is 143 Å². The van der Waals surface area contributed by atoms with E-state index in [0.29, 0.717) is 31.5 Å². The molecule has 1 fully saturated rings. The Bertz CT molecular complexity index is 715. The molecule has 8 heteroatoms. The van der Waals surface area contributed by atoms with Crippen molar-refractivity contribution in [1.29, 1.82) is 0 Å². The SMILES string of the molecule is Cc1cccnc1OCC1CCN(c2nccc(C(F)(F)F)n2)CC1. The van der Waals surface area contributed by atoms with Gasteiger partial charge in [-0.25, -0.2) is 15.0 Å². The molecule has 0 bridgehead atoms. The molecule has 2 aromatic rings. The number of halogens is 3. The van der Waals surface area contributed by atoms with E-state index in [1.807, 2.05) is 19.1 Å². The lowest BCUT2D eigenvalue weighted by atomic mass is 9.98. The normalized spacial score (nSPS) is 16.1. The fourth-order valence-corrected chi connectivity index (χ4v) is 2.78. The van der Waals surface area contributed by atoms with Gasteiger partial charge in [-0.15, -0.1) is 0 Å². The smallest absolute Gasteiger partial charge is 0.433 e. The average Bonchev–Trinajstić information content (AvgIpc) is 2.61. The van der Waals surface area contributed by atoms with Gasteiger partial charge >= 0.3 is 6.18 Å². The molecule has 1 saturated heterocycles. The highest BCUT2D eigenvalue weighted by molar-refractivity contribution is 5.31. The van der Waals surface area contributed by atoms with Crippen molar-refractivity contribution < 1.29 is 17.9 Å². The van der Waals surface area contributed by atoms with Crippen LogP contribution in [-0.2, 0) is 6.18 Å². The molecule has 1 aliphatic heterocycles. The molecule has 3 heterocycles. The Morgan fingerprint density at radius 1 is 1.16 bits per heavy atom. The van der Waals surface area contributed by atoms with Crippen LogP contribution in [-0.4, -0.2) is 34.6 Å². The molecule has 0 radical (unpaired) electrons. The van der Waals surface area contributed by atoms with Gasteiger partial charge in [0.1, 0.15) is 5.69 Å². The van der Waals surface area contributed by atoms with E-state index in [2.05, 4.69) is 15.0 Å². The van der Waals surface area contributed by atoms with Crippen molar-refractivity contribution in [3.05, 3.63) is 41.9 Å². The third-order valence-electron chi connectivity index (χ3n) is 4.25. The van der Waals surface area contributed by atoms with Crippen molar-refractivity contribution in [2.45, 2.75) is 25.9 Å². The van der Waals surface area contributed by atoms with Gasteiger partial charge in [-0.3, -0.25) is 0 Å². The van der Waals surface area contributed by atoms with E-state index in [4.69, 9.17) is 4.74 Å². The first-order chi connectivity index (χ1) is 11.9. The highest BCUT2D eigenvalue weighted by Gasteiger charge is 2.33. The van der Waals surface area contributed by atoms with Gasteiger partial charge in [-0.2, -0.15) is 13.2 Å². The lowest BCUT2D eigenvalue weighted by Gasteiger charge is -2.32. The number of anilines is 1. The quantitative estimate of drug-likeness (QED) is 0.843. The number of aryl methyl sites for hydroxylation is 1. The van der Waals surface area contributed by atoms with Crippen LogP contribution in [0.15, 0.2) is 30.6 Å². The maximum absolute atomic E-state index is 12.8. The van der Waals surface area contributed by atoms with Crippen molar-refractivity contribution in [2.24, 2.45) is 5.92 Å². The molecule has 0 aliphatic carbocycles. The molecule has 3 rings (SSSR count). The van der Waals surface area contributed by atoms with Crippen molar-refractivity contribution in [3.8, 4) is 5.88 Å². The number of pyridine rings is 1. The van der Waals surface area contributed by atoms with Gasteiger partial charge in [0, 0.05) is 31.0 Å². The van der Waals surface area contributed by atoms with E-state index in [1.165, 1.54) is 0 Å². The highest BCUT2D eigenvalue weighted by atomic mass is 19.4. The summed E-state index contributed by atoms with van der Waals surface area (Å²) >= 11 is 0. The Morgan fingerprint density at radius 3 is 2.60 bits per heavy atom. The van der Waals surface area contributed by atoms with Crippen LogP contribution in [0, 0.1) is 12.8 Å². The summed E-state index contributed by atoms with van der Waals surface area (Å²) < 4.78 is 44.1. The fourth-order valence-electron chi connectivity index (χ4n) is 2.78. The van der Waals surface area contributed by atoms with E-state index in [1.54, 1.807) is 11.1 Å². The van der Waals surface area contributed by atoms with Gasteiger partial charge in [0.15, 0.2) is 0 Å². The second-order valence-corrected chi connectivity index (χ2v) is 6.11. The third kappa shape index (κ3) is 4.37. The van der Waals surface area contributed by atoms with Crippen molar-refractivity contribution in [1.82, 2.24) is 15.0 Å². The minimum absolute atomic E-state index is 0.134. The summed E-state index contributed by atoms with van der Waals surface area (Å²) in [6, 6.07) is 4.69. The molecule has 2 aromatic heterocycles. The van der Waals surface area contributed by atoms with E-state index >= 15 is 0 Å². The van der Waals surface area contributed by atoms with Crippen LogP contribution < -0.4 is 9.64 Å². The summed E-state index contributed by atoms with van der Waals surface area (Å²) in [5, 5.41) is 0. The number of ether oxygens (including phenoxy) is 1. The Balaban J connectivity index is 1.55. The standard InChI is InChI=1S/C17H19F3N4O/c1-12-3-2-7-21-15(12)25-11-13-5-9-24(10-6-13)16-22-8-4-14(23-16)17(18,19)20/h2-4,7-8,13H,5-6,9-11H2,1H3. The fraction of sp³-hybridized carbons (Fsp3) is 0.471. The maximum atomic E-state index is 12.8. The Kier molecular flexibility index (Phi) is 5.06. The molecular weight excluding hydrogens is 333 g/mol. The first kappa shape index (κ1) is 17.4. The van der Waals surface area contributed by atoms with Gasteiger partial charge in [0.05, 0.1) is 6.61 Å². The zero-order chi connectivity index (χ0) is 17.9. The molecule has 0 atom stereocenters. The summed E-state index contributed by atoms with van der Waals surface area (Å²) in [5.41, 5.74) is 0.0749. The second kappa shape index (κ2) is 7.25. The van der Waals surface area contributed by atoms with E-state index < -0.39 is 11.9 Å². The van der Waals surface area contributed by atoms with Crippen LogP contribution in [0.5, 0.6) is 5.88 Å². The summed E-state index contributed by atoms with van der Waals surface area (Å²) in [7, 11) is 0. The summed E-state index contributed by atoms with van der Waals surface area (Å²) in [6.45, 7) is 3.71. The highest BCUT2D eigenvalue weighted by Crippen LogP contribution is 2.29. The number of hydrogen-bond donors (Lipinski definition) is 0. The van der Waals surface area contributed by atoms with Crippen LogP contribution in [0.1, 0.15) is 24.1 Å². The Morgan fingerprint density at radius 2 is 1.92 bits per heavy atom. The monoisotopic (exact) mass is 352 g/mol. The molecular formula is C17H19F3N4O. The van der Waals surface area contributed by atoms with Gasteiger partial charge in [-0.05, 0) is 37.8 Å². The number of alkyl halides is 3. The topological polar surface area (TPSA) is 51.1 Å². The lowest BCUT2D eigenvalue weighted by molar-refractivity contribution is -0.141. The van der Waals surface area contributed by atoms with E-state index in [9.17, 15) is 13.2 Å². The molecule has 0 amide bonds. The van der Waals surface area contributed by atoms with Crippen LogP contribution >= 0.6 is 0 Å². The summed E-state index contributed by atoms with van der Waals surface area (Å²) in [6.07, 6.45) is 0.0154. The Hall–Kier alpha value is -2.38. The molecule has 5 nitrogen and oxygen atoms in total. The minimum Gasteiger partial charge on any atom is -0.477 e. The predicted octanol–water partition coefficient (Wildman–Crippen LogP) is 3.49. The largest absolute Gasteiger partial charge is 0.477 e. The number of aromatic nitrogens is 3. The molecule has 25 heavy (non-hydrogen) atoms. The molecule has 0 spiro atoms. The molecule has 0 saturated carbocycles. The summed E-state index contributed by atoms with van der Waals surface area (Å²) in [5.74, 6) is 1.10. The van der Waals surface area contributed by atoms with Gasteiger partial charge < -0.3 is 9.64 Å².